The normalized spacial score (nSPS) is 12.2. The molecule has 1 N–H and O–H groups in total. The van der Waals surface area contributed by atoms with Crippen LogP contribution in [0.25, 0.3) is 0 Å². The second kappa shape index (κ2) is 10.7. The molecule has 5 nitrogen and oxygen atoms in total. The predicted octanol–water partition coefficient (Wildman–Crippen LogP) is 5.02. The first kappa shape index (κ1) is 24.5. The average molecular weight is 465 g/mol. The molecule has 0 saturated heterocycles. The highest BCUT2D eigenvalue weighted by atomic mass is 32.2. The fraction of sp³-hybridized carbons (Fsp3) is 0.296. The van der Waals surface area contributed by atoms with E-state index in [4.69, 9.17) is 0 Å². The van der Waals surface area contributed by atoms with E-state index in [1.165, 1.54) is 16.1 Å². The number of sulfonamides is 1. The highest BCUT2D eigenvalue weighted by molar-refractivity contribution is 7.92. The van der Waals surface area contributed by atoms with Crippen molar-refractivity contribution in [3.8, 4) is 0 Å². The van der Waals surface area contributed by atoms with Gasteiger partial charge in [0.05, 0.1) is 18.5 Å². The minimum absolute atomic E-state index is 0.0439. The van der Waals surface area contributed by atoms with Gasteiger partial charge in [0.25, 0.3) is 5.91 Å². The monoisotopic (exact) mass is 464 g/mol. The number of benzene rings is 3. The standard InChI is InChI=1S/C27H32N2O3S/c1-20-10-11-21(2)26(18-20)29(33(4,31)32)19-24-14-16-25(17-15-24)27(30)28-22(3)12-13-23-8-6-5-7-9-23/h5-11,14-18,22H,12-13,19H2,1-4H3,(H,28,30)/t22-/m0/s1. The van der Waals surface area contributed by atoms with Crippen LogP contribution in [0.5, 0.6) is 0 Å². The molecule has 0 aromatic heterocycles. The predicted molar refractivity (Wildman–Crippen MR) is 135 cm³/mol. The Hall–Kier alpha value is -3.12. The second-order valence-electron chi connectivity index (χ2n) is 8.66. The molecule has 0 aliphatic rings. The maximum Gasteiger partial charge on any atom is 0.251 e. The van der Waals surface area contributed by atoms with Crippen molar-refractivity contribution in [1.29, 1.82) is 0 Å². The molecule has 0 aliphatic heterocycles. The van der Waals surface area contributed by atoms with Crippen molar-refractivity contribution in [2.45, 2.75) is 46.2 Å². The van der Waals surface area contributed by atoms with E-state index in [9.17, 15) is 13.2 Å². The molecule has 174 valence electrons. The van der Waals surface area contributed by atoms with E-state index in [2.05, 4.69) is 17.4 Å². The molecule has 33 heavy (non-hydrogen) atoms. The van der Waals surface area contributed by atoms with Gasteiger partial charge in [0, 0.05) is 11.6 Å². The van der Waals surface area contributed by atoms with Gasteiger partial charge in [-0.25, -0.2) is 8.42 Å². The maximum absolute atomic E-state index is 12.6. The summed E-state index contributed by atoms with van der Waals surface area (Å²) in [7, 11) is -3.47. The molecule has 0 fully saturated rings. The summed E-state index contributed by atoms with van der Waals surface area (Å²) in [6.07, 6.45) is 2.97. The van der Waals surface area contributed by atoms with E-state index in [1.807, 2.05) is 69.3 Å². The molecule has 3 aromatic carbocycles. The Kier molecular flexibility index (Phi) is 7.92. The van der Waals surface area contributed by atoms with Gasteiger partial charge in [-0.15, -0.1) is 0 Å². The summed E-state index contributed by atoms with van der Waals surface area (Å²) in [4.78, 5) is 12.6. The Bertz CT molecular complexity index is 1190. The summed E-state index contributed by atoms with van der Waals surface area (Å²) in [5.41, 5.74) is 5.19. The fourth-order valence-corrected chi connectivity index (χ4v) is 4.64. The lowest BCUT2D eigenvalue weighted by atomic mass is 10.1. The molecule has 1 amide bonds. The quantitative estimate of drug-likeness (QED) is 0.483. The van der Waals surface area contributed by atoms with Gasteiger partial charge >= 0.3 is 0 Å². The first-order valence-electron chi connectivity index (χ1n) is 11.1. The Morgan fingerprint density at radius 3 is 2.24 bits per heavy atom. The van der Waals surface area contributed by atoms with Crippen LogP contribution in [0, 0.1) is 13.8 Å². The molecule has 1 atom stereocenters. The number of hydrogen-bond acceptors (Lipinski definition) is 3. The van der Waals surface area contributed by atoms with E-state index >= 15 is 0 Å². The van der Waals surface area contributed by atoms with Crippen LogP contribution < -0.4 is 9.62 Å². The number of carbonyl (C=O) groups excluding carboxylic acids is 1. The summed E-state index contributed by atoms with van der Waals surface area (Å²) in [5.74, 6) is -0.128. The van der Waals surface area contributed by atoms with Crippen LogP contribution in [-0.4, -0.2) is 26.6 Å². The van der Waals surface area contributed by atoms with Crippen LogP contribution in [0.2, 0.25) is 0 Å². The number of anilines is 1. The Labute approximate surface area is 197 Å². The lowest BCUT2D eigenvalue weighted by molar-refractivity contribution is 0.0938. The molecular weight excluding hydrogens is 432 g/mol. The van der Waals surface area contributed by atoms with Crippen molar-refractivity contribution in [1.82, 2.24) is 5.32 Å². The Morgan fingerprint density at radius 1 is 0.939 bits per heavy atom. The largest absolute Gasteiger partial charge is 0.350 e. The van der Waals surface area contributed by atoms with Crippen LogP contribution >= 0.6 is 0 Å². The molecule has 0 heterocycles. The summed E-state index contributed by atoms with van der Waals surface area (Å²) in [6, 6.07) is 23.2. The number of carbonyl (C=O) groups is 1. The molecule has 0 spiro atoms. The van der Waals surface area contributed by atoms with Crippen LogP contribution in [0.3, 0.4) is 0 Å². The minimum Gasteiger partial charge on any atom is -0.350 e. The van der Waals surface area contributed by atoms with Gasteiger partial charge in [-0.05, 0) is 74.1 Å². The molecule has 3 rings (SSSR count). The first-order valence-corrected chi connectivity index (χ1v) is 13.0. The van der Waals surface area contributed by atoms with E-state index in [1.54, 1.807) is 12.1 Å². The van der Waals surface area contributed by atoms with Gasteiger partial charge in [-0.2, -0.15) is 0 Å². The highest BCUT2D eigenvalue weighted by Gasteiger charge is 2.20. The molecule has 3 aromatic rings. The zero-order chi connectivity index (χ0) is 24.0. The Balaban J connectivity index is 1.65. The molecule has 6 heteroatoms. The number of amides is 1. The van der Waals surface area contributed by atoms with Crippen molar-refractivity contribution in [2.75, 3.05) is 10.6 Å². The van der Waals surface area contributed by atoms with Crippen molar-refractivity contribution >= 4 is 21.6 Å². The number of hydrogen-bond donors (Lipinski definition) is 1. The zero-order valence-corrected chi connectivity index (χ0v) is 20.5. The van der Waals surface area contributed by atoms with Crippen molar-refractivity contribution < 1.29 is 13.2 Å². The maximum atomic E-state index is 12.6. The van der Waals surface area contributed by atoms with Crippen molar-refractivity contribution in [3.05, 3.63) is 101 Å². The second-order valence-corrected chi connectivity index (χ2v) is 10.6. The van der Waals surface area contributed by atoms with E-state index in [0.717, 1.165) is 29.5 Å². The molecule has 0 aliphatic carbocycles. The van der Waals surface area contributed by atoms with E-state index < -0.39 is 10.0 Å². The fourth-order valence-electron chi connectivity index (χ4n) is 3.70. The highest BCUT2D eigenvalue weighted by Crippen LogP contribution is 2.26. The van der Waals surface area contributed by atoms with E-state index in [0.29, 0.717) is 11.3 Å². The summed E-state index contributed by atoms with van der Waals surface area (Å²) in [6.45, 7) is 6.05. The van der Waals surface area contributed by atoms with Gasteiger partial charge in [-0.1, -0.05) is 54.6 Å². The SMILES string of the molecule is Cc1ccc(C)c(N(Cc2ccc(C(=O)N[C@@H](C)CCc3ccccc3)cc2)S(C)(=O)=O)c1. The van der Waals surface area contributed by atoms with Gasteiger partial charge in [0.15, 0.2) is 0 Å². The molecular formula is C27H32N2O3S. The summed E-state index contributed by atoms with van der Waals surface area (Å²) in [5, 5.41) is 3.05. The molecule has 0 bridgehead atoms. The number of aryl methyl sites for hydroxylation is 3. The third-order valence-electron chi connectivity index (χ3n) is 5.66. The zero-order valence-electron chi connectivity index (χ0n) is 19.7. The third-order valence-corrected chi connectivity index (χ3v) is 6.79. The molecule has 0 radical (unpaired) electrons. The average Bonchev–Trinajstić information content (AvgIpc) is 2.78. The van der Waals surface area contributed by atoms with Crippen LogP contribution in [0.4, 0.5) is 5.69 Å². The lowest BCUT2D eigenvalue weighted by Crippen LogP contribution is -2.33. The topological polar surface area (TPSA) is 66.5 Å². The Morgan fingerprint density at radius 2 is 1.61 bits per heavy atom. The smallest absolute Gasteiger partial charge is 0.251 e. The van der Waals surface area contributed by atoms with Gasteiger partial charge in [0.1, 0.15) is 0 Å². The number of nitrogens with one attached hydrogen (secondary N) is 1. The first-order chi connectivity index (χ1) is 15.6. The van der Waals surface area contributed by atoms with Gasteiger partial charge < -0.3 is 5.32 Å². The minimum atomic E-state index is -3.47. The summed E-state index contributed by atoms with van der Waals surface area (Å²) >= 11 is 0. The van der Waals surface area contributed by atoms with E-state index in [-0.39, 0.29) is 18.5 Å². The molecule has 0 saturated carbocycles. The van der Waals surface area contributed by atoms with Crippen LogP contribution in [0.1, 0.15) is 46.0 Å². The number of rotatable bonds is 9. The van der Waals surface area contributed by atoms with Gasteiger partial charge in [0.2, 0.25) is 10.0 Å². The lowest BCUT2D eigenvalue weighted by Gasteiger charge is -2.25. The van der Waals surface area contributed by atoms with Gasteiger partial charge in [-0.3, -0.25) is 9.10 Å². The molecule has 0 unspecified atom stereocenters. The van der Waals surface area contributed by atoms with Crippen molar-refractivity contribution in [2.24, 2.45) is 0 Å². The third kappa shape index (κ3) is 6.93. The number of nitrogens with zero attached hydrogens (tertiary/aromatic N) is 1. The van der Waals surface area contributed by atoms with Crippen molar-refractivity contribution in [3.63, 3.8) is 0 Å². The summed E-state index contributed by atoms with van der Waals surface area (Å²) < 4.78 is 26.5. The van der Waals surface area contributed by atoms with Crippen LogP contribution in [-0.2, 0) is 23.0 Å². The van der Waals surface area contributed by atoms with Crippen LogP contribution in [0.15, 0.2) is 72.8 Å².